The summed E-state index contributed by atoms with van der Waals surface area (Å²) in [6.07, 6.45) is 14.8. The maximum Gasteiger partial charge on any atom is 0.264 e. The molecule has 0 atom stereocenters. The third kappa shape index (κ3) is 9.11. The van der Waals surface area contributed by atoms with Gasteiger partial charge in [-0.3, -0.25) is 9.10 Å². The zero-order chi connectivity index (χ0) is 26.5. The number of para-hydroxylation sites is 1. The molecule has 0 radical (unpaired) electrons. The molecule has 202 valence electrons. The van der Waals surface area contributed by atoms with Gasteiger partial charge in [-0.25, -0.2) is 8.42 Å². The van der Waals surface area contributed by atoms with Gasteiger partial charge in [-0.2, -0.15) is 0 Å². The number of amides is 1. The van der Waals surface area contributed by atoms with Crippen LogP contribution in [0, 0.1) is 0 Å². The van der Waals surface area contributed by atoms with Crippen molar-refractivity contribution in [1.82, 2.24) is 5.32 Å². The molecule has 6 nitrogen and oxygen atoms in total. The van der Waals surface area contributed by atoms with Crippen LogP contribution in [0.4, 0.5) is 11.4 Å². The van der Waals surface area contributed by atoms with Crippen LogP contribution in [0.25, 0.3) is 0 Å². The largest absolute Gasteiger partial charge is 0.332 e. The van der Waals surface area contributed by atoms with Crippen molar-refractivity contribution >= 4 is 44.6 Å². The van der Waals surface area contributed by atoms with Crippen molar-refractivity contribution in [3.63, 3.8) is 0 Å². The predicted octanol–water partition coefficient (Wildman–Crippen LogP) is 6.95. The second kappa shape index (κ2) is 15.1. The van der Waals surface area contributed by atoms with E-state index >= 15 is 0 Å². The van der Waals surface area contributed by atoms with Gasteiger partial charge in [0.2, 0.25) is 5.91 Å². The van der Waals surface area contributed by atoms with Gasteiger partial charge >= 0.3 is 0 Å². The summed E-state index contributed by atoms with van der Waals surface area (Å²) in [5.41, 5.74) is 2.41. The molecule has 1 aliphatic rings. The fourth-order valence-corrected chi connectivity index (χ4v) is 6.43. The summed E-state index contributed by atoms with van der Waals surface area (Å²) in [5, 5.41) is 5.91. The predicted molar refractivity (Wildman–Crippen MR) is 157 cm³/mol. The van der Waals surface area contributed by atoms with E-state index in [0.29, 0.717) is 25.1 Å². The quantitative estimate of drug-likeness (QED) is 0.188. The minimum Gasteiger partial charge on any atom is -0.332 e. The van der Waals surface area contributed by atoms with Crippen molar-refractivity contribution in [1.29, 1.82) is 0 Å². The Morgan fingerprint density at radius 2 is 1.46 bits per heavy atom. The topological polar surface area (TPSA) is 78.5 Å². The minimum atomic E-state index is -3.64. The van der Waals surface area contributed by atoms with E-state index in [1.165, 1.54) is 62.1 Å². The van der Waals surface area contributed by atoms with Gasteiger partial charge in [0.15, 0.2) is 5.11 Å². The Labute approximate surface area is 228 Å². The SMILES string of the molecule is CCCCCCCCCCCCCC(=O)NC(=S)Nc1ccc(S(=O)(=O)N2CCc3ccccc32)cc1. The lowest BCUT2D eigenvalue weighted by molar-refractivity contribution is -0.119. The molecule has 0 spiro atoms. The molecule has 37 heavy (non-hydrogen) atoms. The van der Waals surface area contributed by atoms with Crippen LogP contribution in [-0.2, 0) is 21.2 Å². The second-order valence-corrected chi connectivity index (χ2v) is 12.0. The summed E-state index contributed by atoms with van der Waals surface area (Å²) in [4.78, 5) is 12.4. The van der Waals surface area contributed by atoms with Crippen molar-refractivity contribution in [3.05, 3.63) is 54.1 Å². The lowest BCUT2D eigenvalue weighted by Gasteiger charge is -2.19. The number of hydrogen-bond donors (Lipinski definition) is 2. The van der Waals surface area contributed by atoms with Gasteiger partial charge in [-0.1, -0.05) is 89.3 Å². The Morgan fingerprint density at radius 3 is 2.11 bits per heavy atom. The number of fused-ring (bicyclic) bond motifs is 1. The molecule has 3 rings (SSSR count). The molecule has 0 fully saturated rings. The molecule has 2 N–H and O–H groups in total. The molecule has 0 aromatic heterocycles. The fraction of sp³-hybridized carbons (Fsp3) is 0.517. The summed E-state index contributed by atoms with van der Waals surface area (Å²) in [6, 6.07) is 14.0. The maximum absolute atomic E-state index is 13.1. The van der Waals surface area contributed by atoms with Crippen LogP contribution < -0.4 is 14.9 Å². The Morgan fingerprint density at radius 1 is 0.865 bits per heavy atom. The summed E-state index contributed by atoms with van der Waals surface area (Å²) in [5.74, 6) is -0.0969. The van der Waals surface area contributed by atoms with Gasteiger partial charge < -0.3 is 10.6 Å². The molecule has 0 saturated heterocycles. The van der Waals surface area contributed by atoms with Gasteiger partial charge in [0.05, 0.1) is 10.6 Å². The summed E-state index contributed by atoms with van der Waals surface area (Å²) in [7, 11) is -3.64. The third-order valence-electron chi connectivity index (χ3n) is 6.81. The number of sulfonamides is 1. The molecule has 8 heteroatoms. The molecule has 2 aromatic rings. The number of anilines is 2. The molecule has 1 amide bonds. The van der Waals surface area contributed by atoms with Gasteiger partial charge in [0, 0.05) is 18.7 Å². The molecule has 1 aliphatic heterocycles. The smallest absolute Gasteiger partial charge is 0.264 e. The van der Waals surface area contributed by atoms with E-state index in [1.807, 2.05) is 24.3 Å². The maximum atomic E-state index is 13.1. The summed E-state index contributed by atoms with van der Waals surface area (Å²) < 4.78 is 27.8. The first-order valence-electron chi connectivity index (χ1n) is 13.7. The number of thiocarbonyl (C=S) groups is 1. The van der Waals surface area contributed by atoms with Crippen LogP contribution in [-0.4, -0.2) is 26.0 Å². The highest BCUT2D eigenvalue weighted by molar-refractivity contribution is 7.92. The van der Waals surface area contributed by atoms with Crippen molar-refractivity contribution in [2.45, 2.75) is 95.3 Å². The first-order chi connectivity index (χ1) is 17.9. The van der Waals surface area contributed by atoms with Crippen LogP contribution in [0.15, 0.2) is 53.4 Å². The van der Waals surface area contributed by atoms with Gasteiger partial charge in [-0.15, -0.1) is 0 Å². The first-order valence-corrected chi connectivity index (χ1v) is 15.6. The molecular formula is C29H41N3O3S2. The molecule has 0 aliphatic carbocycles. The number of carbonyl (C=O) groups excluding carboxylic acids is 1. The zero-order valence-corrected chi connectivity index (χ0v) is 23.6. The molecular weight excluding hydrogens is 502 g/mol. The van der Waals surface area contributed by atoms with Crippen LogP contribution in [0.2, 0.25) is 0 Å². The average molecular weight is 544 g/mol. The summed E-state index contributed by atoms with van der Waals surface area (Å²) >= 11 is 5.27. The van der Waals surface area contributed by atoms with Crippen LogP contribution >= 0.6 is 12.2 Å². The van der Waals surface area contributed by atoms with E-state index in [1.54, 1.807) is 24.3 Å². The van der Waals surface area contributed by atoms with Crippen molar-refractivity contribution in [3.8, 4) is 0 Å². The van der Waals surface area contributed by atoms with E-state index in [2.05, 4.69) is 17.6 Å². The highest BCUT2D eigenvalue weighted by Crippen LogP contribution is 2.32. The fourth-order valence-electron chi connectivity index (χ4n) is 4.70. The highest BCUT2D eigenvalue weighted by atomic mass is 32.2. The first kappa shape index (κ1) is 29.1. The lowest BCUT2D eigenvalue weighted by Crippen LogP contribution is -2.34. The molecule has 0 unspecified atom stereocenters. The number of hydrogen-bond acceptors (Lipinski definition) is 4. The number of rotatable bonds is 15. The Hall–Kier alpha value is -2.45. The monoisotopic (exact) mass is 543 g/mol. The Balaban J connectivity index is 1.33. The highest BCUT2D eigenvalue weighted by Gasteiger charge is 2.30. The standard InChI is InChI=1S/C29H41N3O3S2/c1-2-3-4-5-6-7-8-9-10-11-12-17-28(33)31-29(36)30-25-18-20-26(21-19-25)37(34,35)32-23-22-24-15-13-14-16-27(24)32/h13-16,18-21H,2-12,17,22-23H2,1H3,(H2,30,31,33,36). The molecule has 0 bridgehead atoms. The van der Waals surface area contributed by atoms with E-state index in [4.69, 9.17) is 12.2 Å². The average Bonchev–Trinajstić information content (AvgIpc) is 3.33. The molecule has 1 heterocycles. The van der Waals surface area contributed by atoms with Crippen LogP contribution in [0.3, 0.4) is 0 Å². The number of unbranched alkanes of at least 4 members (excludes halogenated alkanes) is 10. The second-order valence-electron chi connectivity index (χ2n) is 9.77. The van der Waals surface area contributed by atoms with Gasteiger partial charge in [0.25, 0.3) is 10.0 Å². The van der Waals surface area contributed by atoms with E-state index in [9.17, 15) is 13.2 Å². The molecule has 0 saturated carbocycles. The number of carbonyl (C=O) groups is 1. The van der Waals surface area contributed by atoms with Crippen molar-refractivity contribution in [2.24, 2.45) is 0 Å². The third-order valence-corrected chi connectivity index (χ3v) is 8.84. The Bertz CT molecular complexity index is 1120. The van der Waals surface area contributed by atoms with Crippen molar-refractivity contribution < 1.29 is 13.2 Å². The normalized spacial score (nSPS) is 12.8. The van der Waals surface area contributed by atoms with Crippen LogP contribution in [0.5, 0.6) is 0 Å². The van der Waals surface area contributed by atoms with Crippen molar-refractivity contribution in [2.75, 3.05) is 16.2 Å². The zero-order valence-electron chi connectivity index (χ0n) is 22.0. The van der Waals surface area contributed by atoms with E-state index < -0.39 is 10.0 Å². The summed E-state index contributed by atoms with van der Waals surface area (Å²) in [6.45, 7) is 2.69. The van der Waals surface area contributed by atoms with Gasteiger partial charge in [0.1, 0.15) is 0 Å². The van der Waals surface area contributed by atoms with Gasteiger partial charge in [-0.05, 0) is 61.0 Å². The number of nitrogens with one attached hydrogen (secondary N) is 2. The van der Waals surface area contributed by atoms with Crippen LogP contribution in [0.1, 0.15) is 89.5 Å². The minimum absolute atomic E-state index is 0.0969. The van der Waals surface area contributed by atoms with E-state index in [-0.39, 0.29) is 15.9 Å². The van der Waals surface area contributed by atoms with E-state index in [0.717, 1.165) is 24.1 Å². The number of benzene rings is 2. The lowest BCUT2D eigenvalue weighted by atomic mass is 10.1. The molecule has 2 aromatic carbocycles. The number of nitrogens with zero attached hydrogens (tertiary/aromatic N) is 1. The Kier molecular flexibility index (Phi) is 11.9.